The minimum atomic E-state index is -0.109. The number of terminal acetylenes is 1. The highest BCUT2D eigenvalue weighted by Gasteiger charge is 2.19. The second-order valence-electron chi connectivity index (χ2n) is 4.42. The topological polar surface area (TPSA) is 41.1 Å². The van der Waals surface area contributed by atoms with Crippen molar-refractivity contribution in [3.63, 3.8) is 0 Å². The van der Waals surface area contributed by atoms with Crippen molar-refractivity contribution in [1.29, 1.82) is 0 Å². The number of thioether (sulfide) groups is 1. The van der Waals surface area contributed by atoms with Crippen molar-refractivity contribution >= 4 is 17.7 Å². The molecule has 0 heterocycles. The van der Waals surface area contributed by atoms with Gasteiger partial charge in [-0.05, 0) is 19.8 Å². The van der Waals surface area contributed by atoms with E-state index >= 15 is 0 Å². The first kappa shape index (κ1) is 14.4. The highest BCUT2D eigenvalue weighted by Crippen LogP contribution is 2.17. The van der Waals surface area contributed by atoms with Gasteiger partial charge >= 0.3 is 0 Å². The van der Waals surface area contributed by atoms with Gasteiger partial charge in [-0.1, -0.05) is 18.8 Å². The van der Waals surface area contributed by atoms with Crippen LogP contribution in [-0.2, 0) is 4.79 Å². The standard InChI is InChI=1S/C13H22N2OS/c1-3-9-17-10-8-14-11(2)13(16)15-12-6-4-5-7-12/h1,11-12,14H,4-10H2,2H3,(H,15,16). The van der Waals surface area contributed by atoms with Crippen LogP contribution in [0.3, 0.4) is 0 Å². The molecule has 1 unspecified atom stereocenters. The van der Waals surface area contributed by atoms with Gasteiger partial charge in [-0.15, -0.1) is 18.2 Å². The fourth-order valence-corrected chi connectivity index (χ4v) is 2.49. The smallest absolute Gasteiger partial charge is 0.237 e. The van der Waals surface area contributed by atoms with E-state index in [2.05, 4.69) is 16.6 Å². The quantitative estimate of drug-likeness (QED) is 0.533. The summed E-state index contributed by atoms with van der Waals surface area (Å²) in [5.74, 6) is 4.40. The normalized spacial score (nSPS) is 17.6. The summed E-state index contributed by atoms with van der Waals surface area (Å²) >= 11 is 1.71. The summed E-state index contributed by atoms with van der Waals surface area (Å²) in [5, 5.41) is 6.30. The van der Waals surface area contributed by atoms with Crippen molar-refractivity contribution in [2.45, 2.75) is 44.7 Å². The van der Waals surface area contributed by atoms with Crippen LogP contribution < -0.4 is 10.6 Å². The molecule has 0 spiro atoms. The maximum Gasteiger partial charge on any atom is 0.237 e. The van der Waals surface area contributed by atoms with Crippen LogP contribution in [0.5, 0.6) is 0 Å². The Bertz CT molecular complexity index is 269. The molecular formula is C13H22N2OS. The lowest BCUT2D eigenvalue weighted by atomic mass is 10.2. The van der Waals surface area contributed by atoms with E-state index in [9.17, 15) is 4.79 Å². The van der Waals surface area contributed by atoms with Gasteiger partial charge in [-0.3, -0.25) is 4.79 Å². The van der Waals surface area contributed by atoms with Gasteiger partial charge in [0.2, 0.25) is 5.91 Å². The van der Waals surface area contributed by atoms with Crippen LogP contribution in [0.25, 0.3) is 0 Å². The molecule has 1 aliphatic rings. The molecule has 3 nitrogen and oxygen atoms in total. The average Bonchev–Trinajstić information content (AvgIpc) is 2.81. The first-order chi connectivity index (χ1) is 8.24. The molecular weight excluding hydrogens is 232 g/mol. The number of amides is 1. The van der Waals surface area contributed by atoms with Gasteiger partial charge in [0, 0.05) is 18.3 Å². The van der Waals surface area contributed by atoms with E-state index in [1.54, 1.807) is 11.8 Å². The van der Waals surface area contributed by atoms with E-state index < -0.39 is 0 Å². The van der Waals surface area contributed by atoms with E-state index in [1.807, 2.05) is 6.92 Å². The minimum absolute atomic E-state index is 0.109. The van der Waals surface area contributed by atoms with E-state index in [0.717, 1.165) is 30.9 Å². The molecule has 0 radical (unpaired) electrons. The predicted octanol–water partition coefficient (Wildman–Crippen LogP) is 1.39. The summed E-state index contributed by atoms with van der Waals surface area (Å²) in [6, 6.07) is 0.296. The van der Waals surface area contributed by atoms with Gasteiger partial charge in [0.05, 0.1) is 11.8 Å². The Morgan fingerprint density at radius 2 is 2.24 bits per heavy atom. The van der Waals surface area contributed by atoms with Crippen LogP contribution in [0.1, 0.15) is 32.6 Å². The molecule has 1 saturated carbocycles. The van der Waals surface area contributed by atoms with Crippen molar-refractivity contribution < 1.29 is 4.79 Å². The van der Waals surface area contributed by atoms with Crippen LogP contribution in [0.2, 0.25) is 0 Å². The zero-order valence-electron chi connectivity index (χ0n) is 10.5. The highest BCUT2D eigenvalue weighted by molar-refractivity contribution is 7.99. The second-order valence-corrected chi connectivity index (χ2v) is 5.53. The van der Waals surface area contributed by atoms with Crippen molar-refractivity contribution in [3.05, 3.63) is 0 Å². The van der Waals surface area contributed by atoms with E-state index in [4.69, 9.17) is 6.42 Å². The molecule has 1 fully saturated rings. The molecule has 4 heteroatoms. The number of carbonyl (C=O) groups excluding carboxylic acids is 1. The molecule has 0 aromatic rings. The monoisotopic (exact) mass is 254 g/mol. The Labute approximate surface area is 108 Å². The Morgan fingerprint density at radius 3 is 2.88 bits per heavy atom. The molecule has 0 bridgehead atoms. The van der Waals surface area contributed by atoms with Crippen LogP contribution in [0, 0.1) is 12.3 Å². The maximum atomic E-state index is 11.8. The number of hydrogen-bond acceptors (Lipinski definition) is 3. The zero-order chi connectivity index (χ0) is 12.5. The number of carbonyl (C=O) groups is 1. The molecule has 1 aliphatic carbocycles. The van der Waals surface area contributed by atoms with Crippen LogP contribution in [0.4, 0.5) is 0 Å². The second kappa shape index (κ2) is 8.43. The number of hydrogen-bond donors (Lipinski definition) is 2. The van der Waals surface area contributed by atoms with Gasteiger partial charge in [-0.2, -0.15) is 0 Å². The summed E-state index contributed by atoms with van der Waals surface area (Å²) in [7, 11) is 0. The van der Waals surface area contributed by atoms with Crippen LogP contribution in [-0.4, -0.2) is 36.0 Å². The van der Waals surface area contributed by atoms with Crippen LogP contribution in [0.15, 0.2) is 0 Å². The lowest BCUT2D eigenvalue weighted by Gasteiger charge is -2.17. The van der Waals surface area contributed by atoms with E-state index in [-0.39, 0.29) is 11.9 Å². The predicted molar refractivity (Wildman–Crippen MR) is 74.0 cm³/mol. The molecule has 0 saturated heterocycles. The lowest BCUT2D eigenvalue weighted by Crippen LogP contribution is -2.46. The minimum Gasteiger partial charge on any atom is -0.352 e. The SMILES string of the molecule is C#CCSCCNC(C)C(=O)NC1CCCC1. The molecule has 1 amide bonds. The van der Waals surface area contributed by atoms with Crippen molar-refractivity contribution in [3.8, 4) is 12.3 Å². The third kappa shape index (κ3) is 5.99. The summed E-state index contributed by atoms with van der Waals surface area (Å²) in [5.41, 5.74) is 0. The molecule has 0 aliphatic heterocycles. The highest BCUT2D eigenvalue weighted by atomic mass is 32.2. The van der Waals surface area contributed by atoms with E-state index in [1.165, 1.54) is 12.8 Å². The summed E-state index contributed by atoms with van der Waals surface area (Å²) < 4.78 is 0. The van der Waals surface area contributed by atoms with Gasteiger partial charge in [0.15, 0.2) is 0 Å². The third-order valence-electron chi connectivity index (χ3n) is 2.98. The summed E-state index contributed by atoms with van der Waals surface area (Å²) in [4.78, 5) is 11.8. The molecule has 17 heavy (non-hydrogen) atoms. The first-order valence-electron chi connectivity index (χ1n) is 6.29. The van der Waals surface area contributed by atoms with Crippen molar-refractivity contribution in [1.82, 2.24) is 10.6 Å². The number of nitrogens with one attached hydrogen (secondary N) is 2. The Kier molecular flexibility index (Phi) is 7.14. The summed E-state index contributed by atoms with van der Waals surface area (Å²) in [6.45, 7) is 2.74. The fraction of sp³-hybridized carbons (Fsp3) is 0.769. The molecule has 0 aromatic carbocycles. The first-order valence-corrected chi connectivity index (χ1v) is 7.44. The zero-order valence-corrected chi connectivity index (χ0v) is 11.3. The van der Waals surface area contributed by atoms with Gasteiger partial charge in [0.1, 0.15) is 0 Å². The van der Waals surface area contributed by atoms with Crippen LogP contribution >= 0.6 is 11.8 Å². The lowest BCUT2D eigenvalue weighted by molar-refractivity contribution is -0.123. The fourth-order valence-electron chi connectivity index (χ4n) is 1.97. The Balaban J connectivity index is 2.07. The van der Waals surface area contributed by atoms with Crippen molar-refractivity contribution in [2.24, 2.45) is 0 Å². The van der Waals surface area contributed by atoms with Gasteiger partial charge in [0.25, 0.3) is 0 Å². The van der Waals surface area contributed by atoms with Crippen molar-refractivity contribution in [2.75, 3.05) is 18.1 Å². The Morgan fingerprint density at radius 1 is 1.53 bits per heavy atom. The molecule has 1 atom stereocenters. The maximum absolute atomic E-state index is 11.8. The van der Waals surface area contributed by atoms with E-state index in [0.29, 0.717) is 6.04 Å². The number of rotatable bonds is 7. The van der Waals surface area contributed by atoms with Gasteiger partial charge in [-0.25, -0.2) is 0 Å². The molecule has 96 valence electrons. The van der Waals surface area contributed by atoms with Gasteiger partial charge < -0.3 is 10.6 Å². The summed E-state index contributed by atoms with van der Waals surface area (Å²) in [6.07, 6.45) is 9.92. The molecule has 0 aromatic heterocycles. The Hall–Kier alpha value is -0.660. The largest absolute Gasteiger partial charge is 0.352 e. The molecule has 2 N–H and O–H groups in total. The molecule has 1 rings (SSSR count). The third-order valence-corrected chi connectivity index (χ3v) is 3.84. The average molecular weight is 254 g/mol.